The lowest BCUT2D eigenvalue weighted by molar-refractivity contribution is 0.139. The zero-order valence-electron chi connectivity index (χ0n) is 12.7. The van der Waals surface area contributed by atoms with Crippen LogP contribution < -0.4 is 10.6 Å². The lowest BCUT2D eigenvalue weighted by Gasteiger charge is -2.32. The van der Waals surface area contributed by atoms with Gasteiger partial charge in [-0.3, -0.25) is 0 Å². The van der Waals surface area contributed by atoms with Gasteiger partial charge in [0.2, 0.25) is 0 Å². The summed E-state index contributed by atoms with van der Waals surface area (Å²) in [5.74, 6) is 1.80. The minimum absolute atomic E-state index is 0.649. The van der Waals surface area contributed by atoms with E-state index in [1.165, 1.54) is 18.5 Å². The third kappa shape index (κ3) is 2.89. The maximum absolute atomic E-state index is 5.79. The van der Waals surface area contributed by atoms with Crippen molar-refractivity contribution < 1.29 is 4.74 Å². The Morgan fingerprint density at radius 3 is 2.86 bits per heavy atom. The number of piperidine rings is 1. The Bertz CT molecular complexity index is 587. The lowest BCUT2D eigenvalue weighted by Crippen LogP contribution is -2.36. The molecule has 3 heterocycles. The van der Waals surface area contributed by atoms with Crippen molar-refractivity contribution in [2.75, 3.05) is 38.3 Å². The van der Waals surface area contributed by atoms with Crippen molar-refractivity contribution in [3.63, 3.8) is 0 Å². The van der Waals surface area contributed by atoms with E-state index in [-0.39, 0.29) is 0 Å². The predicted octanol–water partition coefficient (Wildman–Crippen LogP) is 1.70. The maximum Gasteiger partial charge on any atom is 0.151 e. The van der Waals surface area contributed by atoms with Crippen molar-refractivity contribution in [3.05, 3.63) is 30.1 Å². The van der Waals surface area contributed by atoms with Crippen molar-refractivity contribution >= 4 is 11.5 Å². The van der Waals surface area contributed by atoms with E-state index >= 15 is 0 Å². The summed E-state index contributed by atoms with van der Waals surface area (Å²) in [6.45, 7) is 3.62. The largest absolute Gasteiger partial charge is 0.384 e. The van der Waals surface area contributed by atoms with Crippen molar-refractivity contribution in [1.82, 2.24) is 9.38 Å². The first-order chi connectivity index (χ1) is 10.3. The SMILES string of the molecule is COCC1CCN(c2nc3ccccn3c2CCN)CC1. The second kappa shape index (κ2) is 6.45. The van der Waals surface area contributed by atoms with Crippen LogP contribution in [0.2, 0.25) is 0 Å². The van der Waals surface area contributed by atoms with Gasteiger partial charge < -0.3 is 19.8 Å². The van der Waals surface area contributed by atoms with Crippen LogP contribution in [0.1, 0.15) is 18.5 Å². The molecule has 0 amide bonds. The number of aromatic nitrogens is 2. The molecule has 3 rings (SSSR count). The summed E-state index contributed by atoms with van der Waals surface area (Å²) in [7, 11) is 1.79. The number of anilines is 1. The topological polar surface area (TPSA) is 55.8 Å². The Kier molecular flexibility index (Phi) is 4.41. The first-order valence-corrected chi connectivity index (χ1v) is 7.73. The Morgan fingerprint density at radius 1 is 1.33 bits per heavy atom. The first-order valence-electron chi connectivity index (χ1n) is 7.73. The van der Waals surface area contributed by atoms with Gasteiger partial charge >= 0.3 is 0 Å². The number of fused-ring (bicyclic) bond motifs is 1. The molecule has 0 saturated carbocycles. The summed E-state index contributed by atoms with van der Waals surface area (Å²) in [5.41, 5.74) is 8.04. The van der Waals surface area contributed by atoms with Crippen LogP contribution in [0.5, 0.6) is 0 Å². The number of nitrogens with zero attached hydrogens (tertiary/aromatic N) is 3. The number of pyridine rings is 1. The summed E-state index contributed by atoms with van der Waals surface area (Å²) in [6.07, 6.45) is 5.28. The monoisotopic (exact) mass is 288 g/mol. The minimum atomic E-state index is 0.649. The molecule has 0 aromatic carbocycles. The number of hydrogen-bond donors (Lipinski definition) is 1. The lowest BCUT2D eigenvalue weighted by atomic mass is 9.98. The number of methoxy groups -OCH3 is 1. The van der Waals surface area contributed by atoms with Crippen molar-refractivity contribution in [3.8, 4) is 0 Å². The number of hydrogen-bond acceptors (Lipinski definition) is 4. The van der Waals surface area contributed by atoms with Gasteiger partial charge in [0.1, 0.15) is 5.65 Å². The van der Waals surface area contributed by atoms with Crippen molar-refractivity contribution in [2.45, 2.75) is 19.3 Å². The molecule has 0 aliphatic carbocycles. The highest BCUT2D eigenvalue weighted by Crippen LogP contribution is 2.27. The average Bonchev–Trinajstić information content (AvgIpc) is 2.88. The van der Waals surface area contributed by atoms with Crippen LogP contribution in [0.4, 0.5) is 5.82 Å². The number of ether oxygens (including phenoxy) is 1. The summed E-state index contributed by atoms with van der Waals surface area (Å²) < 4.78 is 7.45. The number of imidazole rings is 1. The van der Waals surface area contributed by atoms with E-state index in [0.717, 1.165) is 37.6 Å². The molecule has 1 fully saturated rings. The summed E-state index contributed by atoms with van der Waals surface area (Å²) in [4.78, 5) is 7.23. The molecule has 2 aromatic heterocycles. The quantitative estimate of drug-likeness (QED) is 0.910. The van der Waals surface area contributed by atoms with E-state index in [1.54, 1.807) is 7.11 Å². The number of nitrogens with two attached hydrogens (primary N) is 1. The van der Waals surface area contributed by atoms with E-state index in [0.29, 0.717) is 12.5 Å². The average molecular weight is 288 g/mol. The molecule has 1 aliphatic heterocycles. The molecule has 0 spiro atoms. The van der Waals surface area contributed by atoms with E-state index < -0.39 is 0 Å². The van der Waals surface area contributed by atoms with Crippen LogP contribution in [0, 0.1) is 5.92 Å². The van der Waals surface area contributed by atoms with Gasteiger partial charge in [0, 0.05) is 39.4 Å². The summed E-state index contributed by atoms with van der Waals surface area (Å²) in [5, 5.41) is 0. The zero-order valence-corrected chi connectivity index (χ0v) is 12.7. The fourth-order valence-corrected chi connectivity index (χ4v) is 3.20. The highest BCUT2D eigenvalue weighted by molar-refractivity contribution is 5.56. The molecule has 1 aliphatic rings. The van der Waals surface area contributed by atoms with Crippen LogP contribution in [-0.2, 0) is 11.2 Å². The van der Waals surface area contributed by atoms with Gasteiger partial charge in [-0.05, 0) is 37.4 Å². The van der Waals surface area contributed by atoms with Crippen LogP contribution >= 0.6 is 0 Å². The van der Waals surface area contributed by atoms with Crippen LogP contribution in [0.15, 0.2) is 24.4 Å². The Morgan fingerprint density at radius 2 is 2.14 bits per heavy atom. The van der Waals surface area contributed by atoms with Gasteiger partial charge in [-0.1, -0.05) is 6.07 Å². The summed E-state index contributed by atoms with van der Waals surface area (Å²) >= 11 is 0. The molecule has 2 N–H and O–H groups in total. The van der Waals surface area contributed by atoms with Crippen LogP contribution in [0.25, 0.3) is 5.65 Å². The van der Waals surface area contributed by atoms with Crippen molar-refractivity contribution in [1.29, 1.82) is 0 Å². The third-order valence-electron chi connectivity index (χ3n) is 4.31. The second-order valence-corrected chi connectivity index (χ2v) is 5.74. The molecular formula is C16H24N4O. The molecular weight excluding hydrogens is 264 g/mol. The van der Waals surface area contributed by atoms with Gasteiger partial charge in [-0.25, -0.2) is 4.98 Å². The van der Waals surface area contributed by atoms with Gasteiger partial charge in [-0.2, -0.15) is 0 Å². The molecule has 0 unspecified atom stereocenters. The van der Waals surface area contributed by atoms with Gasteiger partial charge in [0.25, 0.3) is 0 Å². The molecule has 114 valence electrons. The van der Waals surface area contributed by atoms with E-state index in [4.69, 9.17) is 15.5 Å². The summed E-state index contributed by atoms with van der Waals surface area (Å²) in [6, 6.07) is 6.13. The molecule has 0 radical (unpaired) electrons. The molecule has 1 saturated heterocycles. The Labute approximate surface area is 125 Å². The highest BCUT2D eigenvalue weighted by atomic mass is 16.5. The maximum atomic E-state index is 5.79. The normalized spacial score (nSPS) is 16.8. The van der Waals surface area contributed by atoms with E-state index in [9.17, 15) is 0 Å². The fourth-order valence-electron chi connectivity index (χ4n) is 3.20. The van der Waals surface area contributed by atoms with E-state index in [2.05, 4.69) is 21.6 Å². The van der Waals surface area contributed by atoms with Crippen LogP contribution in [0.3, 0.4) is 0 Å². The Balaban J connectivity index is 1.85. The third-order valence-corrected chi connectivity index (χ3v) is 4.31. The molecule has 0 bridgehead atoms. The Hall–Kier alpha value is -1.59. The van der Waals surface area contributed by atoms with Gasteiger partial charge in [0.05, 0.1) is 5.69 Å². The fraction of sp³-hybridized carbons (Fsp3) is 0.562. The second-order valence-electron chi connectivity index (χ2n) is 5.74. The smallest absolute Gasteiger partial charge is 0.151 e. The first kappa shape index (κ1) is 14.4. The van der Waals surface area contributed by atoms with Gasteiger partial charge in [0.15, 0.2) is 5.82 Å². The molecule has 5 heteroatoms. The van der Waals surface area contributed by atoms with Crippen molar-refractivity contribution in [2.24, 2.45) is 11.7 Å². The molecule has 21 heavy (non-hydrogen) atoms. The minimum Gasteiger partial charge on any atom is -0.384 e. The standard InChI is InChI=1S/C16H24N4O/c1-21-12-13-6-10-19(11-7-13)16-14(5-8-17)20-9-3-2-4-15(20)18-16/h2-4,9,13H,5-8,10-12,17H2,1H3. The highest BCUT2D eigenvalue weighted by Gasteiger charge is 2.23. The zero-order chi connectivity index (χ0) is 14.7. The molecule has 2 aromatic rings. The van der Waals surface area contributed by atoms with Gasteiger partial charge in [-0.15, -0.1) is 0 Å². The number of rotatable bonds is 5. The predicted molar refractivity (Wildman–Crippen MR) is 84.8 cm³/mol. The van der Waals surface area contributed by atoms with E-state index in [1.807, 2.05) is 12.1 Å². The molecule has 5 nitrogen and oxygen atoms in total. The molecule has 0 atom stereocenters. The van der Waals surface area contributed by atoms with Crippen LogP contribution in [-0.4, -0.2) is 42.7 Å².